The van der Waals surface area contributed by atoms with Gasteiger partial charge in [-0.25, -0.2) is 0 Å². The van der Waals surface area contributed by atoms with Gasteiger partial charge in [-0.2, -0.15) is 4.99 Å². The van der Waals surface area contributed by atoms with E-state index in [0.717, 1.165) is 13.7 Å². The van der Waals surface area contributed by atoms with Gasteiger partial charge in [0.1, 0.15) is 0 Å². The monoisotopic (exact) mass is 339 g/mol. The third-order valence-corrected chi connectivity index (χ3v) is 2.52. The summed E-state index contributed by atoms with van der Waals surface area (Å²) in [5, 5.41) is 2.33. The summed E-state index contributed by atoms with van der Waals surface area (Å²) in [6.07, 6.45) is 0. The summed E-state index contributed by atoms with van der Waals surface area (Å²) >= 11 is 10.0. The van der Waals surface area contributed by atoms with Crippen molar-refractivity contribution >= 4 is 61.6 Å². The smallest absolute Gasteiger partial charge is 0.0873 e. The number of rotatable bonds is 1. The molecule has 0 bridgehead atoms. The van der Waals surface area contributed by atoms with Crippen LogP contribution in [0, 0.1) is 3.57 Å². The van der Waals surface area contributed by atoms with Crippen molar-refractivity contribution in [2.75, 3.05) is 0 Å². The van der Waals surface area contributed by atoms with E-state index in [2.05, 4.69) is 60.9 Å². The van der Waals surface area contributed by atoms with Crippen LogP contribution in [0.15, 0.2) is 27.7 Å². The summed E-state index contributed by atoms with van der Waals surface area (Å²) in [4.78, 5) is 3.88. The minimum atomic E-state index is 0.865. The first-order valence-corrected chi connectivity index (χ1v) is 5.05. The number of hydrogen-bond donors (Lipinski definition) is 0. The summed E-state index contributed by atoms with van der Waals surface area (Å²) in [7, 11) is 0. The molecule has 0 heterocycles. The Balaban J connectivity index is 3.19. The lowest BCUT2D eigenvalue weighted by atomic mass is 10.3. The Morgan fingerprint density at radius 2 is 2.27 bits per heavy atom. The van der Waals surface area contributed by atoms with Crippen LogP contribution in [-0.4, -0.2) is 5.16 Å². The molecule has 0 aliphatic heterocycles. The summed E-state index contributed by atoms with van der Waals surface area (Å²) in [5.74, 6) is 0. The molecule has 0 fully saturated rings. The molecule has 1 nitrogen and oxygen atoms in total. The molecule has 0 radical (unpaired) electrons. The highest BCUT2D eigenvalue weighted by molar-refractivity contribution is 14.1. The van der Waals surface area contributed by atoms with Gasteiger partial charge in [0.25, 0.3) is 0 Å². The van der Waals surface area contributed by atoms with Crippen LogP contribution in [0.2, 0.25) is 0 Å². The quantitative estimate of drug-likeness (QED) is 0.431. The zero-order valence-electron chi connectivity index (χ0n) is 5.34. The standard InChI is InChI=1S/C7H3BrINS/c8-5-1-2-7(10-4-11)6(9)3-5/h1-3H. The molecule has 1 rings (SSSR count). The van der Waals surface area contributed by atoms with Gasteiger partial charge in [-0.15, -0.1) is 0 Å². The van der Waals surface area contributed by atoms with Crippen molar-refractivity contribution in [3.05, 3.63) is 26.2 Å². The van der Waals surface area contributed by atoms with E-state index in [1.54, 1.807) is 0 Å². The van der Waals surface area contributed by atoms with Gasteiger partial charge in [0.15, 0.2) is 0 Å². The van der Waals surface area contributed by atoms with E-state index in [4.69, 9.17) is 0 Å². The van der Waals surface area contributed by atoms with Crippen molar-refractivity contribution in [3.63, 3.8) is 0 Å². The molecule has 0 amide bonds. The van der Waals surface area contributed by atoms with Crippen molar-refractivity contribution in [3.8, 4) is 0 Å². The number of hydrogen-bond acceptors (Lipinski definition) is 2. The van der Waals surface area contributed by atoms with E-state index in [-0.39, 0.29) is 0 Å². The first-order chi connectivity index (χ1) is 5.24. The van der Waals surface area contributed by atoms with Crippen LogP contribution in [0.4, 0.5) is 5.69 Å². The molecule has 0 aromatic heterocycles. The average Bonchev–Trinajstić information content (AvgIpc) is 1.95. The second-order valence-corrected chi connectivity index (χ2v) is 4.06. The number of isothiocyanates is 1. The lowest BCUT2D eigenvalue weighted by molar-refractivity contribution is 1.49. The molecule has 0 spiro atoms. The van der Waals surface area contributed by atoms with Gasteiger partial charge in [0, 0.05) is 8.04 Å². The number of nitrogens with zero attached hydrogens (tertiary/aromatic N) is 1. The van der Waals surface area contributed by atoms with E-state index in [0.29, 0.717) is 0 Å². The molecule has 56 valence electrons. The Morgan fingerprint density at radius 1 is 1.55 bits per heavy atom. The topological polar surface area (TPSA) is 12.4 Å². The SMILES string of the molecule is S=C=Nc1ccc(Br)cc1I. The molecule has 0 N–H and O–H groups in total. The fraction of sp³-hybridized carbons (Fsp3) is 0. The van der Waals surface area contributed by atoms with E-state index in [1.165, 1.54) is 0 Å². The second-order valence-electron chi connectivity index (χ2n) is 1.80. The second kappa shape index (κ2) is 4.30. The van der Waals surface area contributed by atoms with Gasteiger partial charge in [0.2, 0.25) is 0 Å². The van der Waals surface area contributed by atoms with Crippen LogP contribution in [0.5, 0.6) is 0 Å². The van der Waals surface area contributed by atoms with E-state index >= 15 is 0 Å². The summed E-state index contributed by atoms with van der Waals surface area (Å²) in [6.45, 7) is 0. The maximum absolute atomic E-state index is 4.49. The maximum Gasteiger partial charge on any atom is 0.0873 e. The van der Waals surface area contributed by atoms with Crippen molar-refractivity contribution in [1.29, 1.82) is 0 Å². The van der Waals surface area contributed by atoms with Crippen LogP contribution in [0.1, 0.15) is 0 Å². The summed E-state index contributed by atoms with van der Waals surface area (Å²) in [5.41, 5.74) is 0.865. The number of halogens is 2. The molecule has 0 aliphatic carbocycles. The molecular formula is C7H3BrINS. The number of benzene rings is 1. The fourth-order valence-electron chi connectivity index (χ4n) is 0.621. The number of aliphatic imine (C=N–C) groups is 1. The van der Waals surface area contributed by atoms with Gasteiger partial charge in [-0.1, -0.05) is 15.9 Å². The lowest BCUT2D eigenvalue weighted by Gasteiger charge is -1.95. The lowest BCUT2D eigenvalue weighted by Crippen LogP contribution is -1.72. The van der Waals surface area contributed by atoms with Crippen LogP contribution in [-0.2, 0) is 0 Å². The Hall–Kier alpha value is 0.230. The Labute approximate surface area is 92.2 Å². The molecule has 4 heteroatoms. The van der Waals surface area contributed by atoms with E-state index in [1.807, 2.05) is 18.2 Å². The largest absolute Gasteiger partial charge is 0.194 e. The van der Waals surface area contributed by atoms with Crippen molar-refractivity contribution in [2.24, 2.45) is 4.99 Å². The van der Waals surface area contributed by atoms with Crippen LogP contribution in [0.3, 0.4) is 0 Å². The minimum Gasteiger partial charge on any atom is -0.194 e. The molecule has 1 aromatic carbocycles. The van der Waals surface area contributed by atoms with Gasteiger partial charge < -0.3 is 0 Å². The van der Waals surface area contributed by atoms with E-state index in [9.17, 15) is 0 Å². The Morgan fingerprint density at radius 3 is 2.82 bits per heavy atom. The van der Waals surface area contributed by atoms with Gasteiger partial charge in [-0.3, -0.25) is 0 Å². The summed E-state index contributed by atoms with van der Waals surface area (Å²) < 4.78 is 2.11. The molecule has 11 heavy (non-hydrogen) atoms. The first-order valence-electron chi connectivity index (χ1n) is 2.77. The molecule has 0 saturated carbocycles. The maximum atomic E-state index is 4.49. The van der Waals surface area contributed by atoms with Crippen molar-refractivity contribution in [2.45, 2.75) is 0 Å². The van der Waals surface area contributed by atoms with Gasteiger partial charge >= 0.3 is 0 Å². The average molecular weight is 340 g/mol. The Bertz CT molecular complexity index is 320. The molecule has 0 atom stereocenters. The molecular weight excluding hydrogens is 337 g/mol. The third-order valence-electron chi connectivity index (χ3n) is 1.08. The summed E-state index contributed by atoms with van der Waals surface area (Å²) in [6, 6.07) is 5.80. The van der Waals surface area contributed by atoms with Crippen LogP contribution in [0.25, 0.3) is 0 Å². The van der Waals surface area contributed by atoms with Gasteiger partial charge in [-0.05, 0) is 53.0 Å². The third kappa shape index (κ3) is 2.63. The molecule has 1 aromatic rings. The highest BCUT2D eigenvalue weighted by Gasteiger charge is 1.96. The molecule has 0 saturated heterocycles. The minimum absolute atomic E-state index is 0.865. The first kappa shape index (κ1) is 9.32. The predicted octanol–water partition coefficient (Wildman–Crippen LogP) is 3.79. The van der Waals surface area contributed by atoms with Crippen LogP contribution >= 0.6 is 50.7 Å². The van der Waals surface area contributed by atoms with Gasteiger partial charge in [0.05, 0.1) is 10.8 Å². The zero-order chi connectivity index (χ0) is 8.27. The van der Waals surface area contributed by atoms with E-state index < -0.39 is 0 Å². The van der Waals surface area contributed by atoms with Crippen LogP contribution < -0.4 is 0 Å². The zero-order valence-corrected chi connectivity index (χ0v) is 9.90. The highest BCUT2D eigenvalue weighted by atomic mass is 127. The molecule has 0 aliphatic rings. The highest BCUT2D eigenvalue weighted by Crippen LogP contribution is 2.24. The van der Waals surface area contributed by atoms with Crippen molar-refractivity contribution in [1.82, 2.24) is 0 Å². The normalized spacial score (nSPS) is 8.91. The number of thiocarbonyl (C=S) groups is 1. The van der Waals surface area contributed by atoms with Crippen molar-refractivity contribution < 1.29 is 0 Å². The molecule has 0 unspecified atom stereocenters. The Kier molecular flexibility index (Phi) is 3.65. The predicted molar refractivity (Wildman–Crippen MR) is 61.5 cm³/mol. The fourth-order valence-corrected chi connectivity index (χ4v) is 2.14.